The molecule has 0 fully saturated rings. The van der Waals surface area contributed by atoms with Crippen LogP contribution in [0.3, 0.4) is 0 Å². The van der Waals surface area contributed by atoms with Crippen LogP contribution >= 0.6 is 11.3 Å². The van der Waals surface area contributed by atoms with E-state index in [1.165, 1.54) is 23.0 Å². The molecule has 124 valence electrons. The Morgan fingerprint density at radius 1 is 1.17 bits per heavy atom. The van der Waals surface area contributed by atoms with Gasteiger partial charge in [0, 0.05) is 12.7 Å². The zero-order valence-corrected chi connectivity index (χ0v) is 14.4. The summed E-state index contributed by atoms with van der Waals surface area (Å²) in [6.07, 6.45) is 0. The molecule has 1 N–H and O–H groups in total. The molecule has 7 heteroatoms. The molecule has 3 aromatic rings. The molecule has 0 aliphatic carbocycles. The van der Waals surface area contributed by atoms with E-state index in [0.29, 0.717) is 15.9 Å². The van der Waals surface area contributed by atoms with Crippen LogP contribution in [-0.2, 0) is 18.4 Å². The van der Waals surface area contributed by atoms with Crippen molar-refractivity contribution in [1.29, 1.82) is 0 Å². The highest BCUT2D eigenvalue weighted by Crippen LogP contribution is 2.16. The van der Waals surface area contributed by atoms with Gasteiger partial charge in [0.15, 0.2) is 0 Å². The average Bonchev–Trinajstić information content (AvgIpc) is 2.98. The monoisotopic (exact) mass is 343 g/mol. The van der Waals surface area contributed by atoms with E-state index < -0.39 is 5.69 Å². The maximum atomic E-state index is 12.4. The summed E-state index contributed by atoms with van der Waals surface area (Å²) >= 11 is 1.26. The number of benzene rings is 1. The minimum Gasteiger partial charge on any atom is -0.325 e. The summed E-state index contributed by atoms with van der Waals surface area (Å²) in [7, 11) is 1.42. The van der Waals surface area contributed by atoms with Gasteiger partial charge >= 0.3 is 5.69 Å². The van der Waals surface area contributed by atoms with E-state index in [2.05, 4.69) is 5.32 Å². The molecule has 6 nitrogen and oxygen atoms in total. The van der Waals surface area contributed by atoms with Crippen molar-refractivity contribution in [3.05, 3.63) is 61.6 Å². The molecule has 0 aliphatic heterocycles. The fourth-order valence-electron chi connectivity index (χ4n) is 2.74. The second-order valence-electron chi connectivity index (χ2n) is 5.79. The van der Waals surface area contributed by atoms with Gasteiger partial charge in [-0.15, -0.1) is 11.3 Å². The van der Waals surface area contributed by atoms with Gasteiger partial charge in [-0.25, -0.2) is 4.79 Å². The summed E-state index contributed by atoms with van der Waals surface area (Å²) in [4.78, 5) is 36.8. The van der Waals surface area contributed by atoms with E-state index in [-0.39, 0.29) is 18.0 Å². The first-order chi connectivity index (χ1) is 11.4. The van der Waals surface area contributed by atoms with Gasteiger partial charge in [0.2, 0.25) is 5.91 Å². The highest BCUT2D eigenvalue weighted by molar-refractivity contribution is 7.17. The lowest BCUT2D eigenvalue weighted by Gasteiger charge is -2.11. The number of thiophene rings is 1. The van der Waals surface area contributed by atoms with Crippen molar-refractivity contribution in [1.82, 2.24) is 9.13 Å². The molecule has 0 spiro atoms. The highest BCUT2D eigenvalue weighted by atomic mass is 32.1. The average molecular weight is 343 g/mol. The Hall–Kier alpha value is -2.67. The number of nitrogens with zero attached hydrogens (tertiary/aromatic N) is 2. The first-order valence-corrected chi connectivity index (χ1v) is 8.30. The largest absolute Gasteiger partial charge is 0.331 e. The lowest BCUT2D eigenvalue weighted by Crippen LogP contribution is -2.39. The molecule has 0 unspecified atom stereocenters. The number of hydrogen-bond acceptors (Lipinski definition) is 4. The molecule has 1 amide bonds. The fraction of sp³-hybridized carbons (Fsp3) is 0.235. The van der Waals surface area contributed by atoms with Crippen molar-refractivity contribution in [2.24, 2.45) is 7.05 Å². The predicted molar refractivity (Wildman–Crippen MR) is 95.9 cm³/mol. The summed E-state index contributed by atoms with van der Waals surface area (Å²) in [6.45, 7) is 3.76. The van der Waals surface area contributed by atoms with Crippen LogP contribution in [0, 0.1) is 13.8 Å². The molecule has 2 heterocycles. The number of fused-ring (bicyclic) bond motifs is 1. The van der Waals surface area contributed by atoms with E-state index >= 15 is 0 Å². The van der Waals surface area contributed by atoms with Crippen LogP contribution in [0.5, 0.6) is 0 Å². The standard InChI is InChI=1S/C17H17N3O3S/c1-10-6-11(2)8-12(7-10)18-14(21)9-20-13-4-5-24-15(13)16(22)19(3)17(20)23/h4-8H,9H2,1-3H3,(H,18,21). The van der Waals surface area contributed by atoms with Crippen molar-refractivity contribution in [2.75, 3.05) is 5.32 Å². The van der Waals surface area contributed by atoms with Gasteiger partial charge in [0.1, 0.15) is 11.2 Å². The zero-order valence-electron chi connectivity index (χ0n) is 13.6. The third kappa shape index (κ3) is 2.90. The van der Waals surface area contributed by atoms with Crippen molar-refractivity contribution in [3.8, 4) is 0 Å². The van der Waals surface area contributed by atoms with E-state index in [9.17, 15) is 14.4 Å². The number of rotatable bonds is 3. The zero-order chi connectivity index (χ0) is 17.4. The highest BCUT2D eigenvalue weighted by Gasteiger charge is 2.14. The number of amides is 1. The number of carbonyl (C=O) groups excluding carboxylic acids is 1. The van der Waals surface area contributed by atoms with Crippen LogP contribution in [0.2, 0.25) is 0 Å². The van der Waals surface area contributed by atoms with Crippen LogP contribution < -0.4 is 16.6 Å². The van der Waals surface area contributed by atoms with Crippen molar-refractivity contribution < 1.29 is 4.79 Å². The second kappa shape index (κ2) is 6.09. The Kier molecular flexibility index (Phi) is 4.11. The Balaban J connectivity index is 1.95. The van der Waals surface area contributed by atoms with Crippen LogP contribution in [0.25, 0.3) is 10.2 Å². The molecule has 0 saturated carbocycles. The van der Waals surface area contributed by atoms with Gasteiger partial charge < -0.3 is 5.32 Å². The normalized spacial score (nSPS) is 11.0. The second-order valence-corrected chi connectivity index (χ2v) is 6.71. The van der Waals surface area contributed by atoms with Gasteiger partial charge in [-0.3, -0.25) is 18.7 Å². The van der Waals surface area contributed by atoms with Crippen molar-refractivity contribution in [3.63, 3.8) is 0 Å². The van der Waals surface area contributed by atoms with Gasteiger partial charge in [-0.2, -0.15) is 0 Å². The lowest BCUT2D eigenvalue weighted by molar-refractivity contribution is -0.116. The third-order valence-electron chi connectivity index (χ3n) is 3.76. The molecular weight excluding hydrogens is 326 g/mol. The molecule has 24 heavy (non-hydrogen) atoms. The quantitative estimate of drug-likeness (QED) is 0.791. The van der Waals surface area contributed by atoms with Crippen molar-refractivity contribution in [2.45, 2.75) is 20.4 Å². The molecule has 3 rings (SSSR count). The number of aromatic nitrogens is 2. The summed E-state index contributed by atoms with van der Waals surface area (Å²) in [5.74, 6) is -0.312. The minimum absolute atomic E-state index is 0.146. The first kappa shape index (κ1) is 16.2. The Labute approximate surface area is 142 Å². The number of anilines is 1. The fourth-order valence-corrected chi connectivity index (χ4v) is 3.61. The summed E-state index contributed by atoms with van der Waals surface area (Å²) in [5.41, 5.74) is 2.44. The van der Waals surface area contributed by atoms with Crippen LogP contribution in [-0.4, -0.2) is 15.0 Å². The number of carbonyl (C=O) groups is 1. The number of hydrogen-bond donors (Lipinski definition) is 1. The molecule has 0 atom stereocenters. The number of aryl methyl sites for hydroxylation is 2. The lowest BCUT2D eigenvalue weighted by atomic mass is 10.1. The molecule has 1 aromatic carbocycles. The summed E-state index contributed by atoms with van der Waals surface area (Å²) in [6, 6.07) is 7.44. The van der Waals surface area contributed by atoms with Gasteiger partial charge in [0.25, 0.3) is 5.56 Å². The van der Waals surface area contributed by atoms with E-state index in [1.54, 1.807) is 11.4 Å². The Morgan fingerprint density at radius 2 is 1.83 bits per heavy atom. The topological polar surface area (TPSA) is 73.1 Å². The SMILES string of the molecule is Cc1cc(C)cc(NC(=O)Cn2c(=O)n(C)c(=O)c3sccc32)c1. The van der Waals surface area contributed by atoms with E-state index in [4.69, 9.17) is 0 Å². The smallest absolute Gasteiger partial charge is 0.325 e. The minimum atomic E-state index is -0.499. The van der Waals surface area contributed by atoms with E-state index in [0.717, 1.165) is 15.7 Å². The maximum absolute atomic E-state index is 12.4. The van der Waals surface area contributed by atoms with Crippen LogP contribution in [0.1, 0.15) is 11.1 Å². The molecule has 0 aliphatic rings. The maximum Gasteiger partial charge on any atom is 0.331 e. The van der Waals surface area contributed by atoms with Gasteiger partial charge in [-0.05, 0) is 48.6 Å². The molecule has 0 radical (unpaired) electrons. The molecule has 0 saturated heterocycles. The van der Waals surface area contributed by atoms with Crippen LogP contribution in [0.4, 0.5) is 5.69 Å². The molecule has 2 aromatic heterocycles. The number of nitrogens with one attached hydrogen (secondary N) is 1. The summed E-state index contributed by atoms with van der Waals surface area (Å²) in [5, 5.41) is 4.55. The van der Waals surface area contributed by atoms with Gasteiger partial charge in [0.05, 0.1) is 5.52 Å². The molecule has 0 bridgehead atoms. The Bertz CT molecular complexity index is 1040. The van der Waals surface area contributed by atoms with Crippen molar-refractivity contribution >= 4 is 33.1 Å². The van der Waals surface area contributed by atoms with E-state index in [1.807, 2.05) is 32.0 Å². The Morgan fingerprint density at radius 3 is 2.50 bits per heavy atom. The van der Waals surface area contributed by atoms with Crippen LogP contribution in [0.15, 0.2) is 39.2 Å². The molecular formula is C17H17N3O3S. The predicted octanol–water partition coefficient (Wildman–Crippen LogP) is 2.02. The van der Waals surface area contributed by atoms with Gasteiger partial charge in [-0.1, -0.05) is 6.07 Å². The third-order valence-corrected chi connectivity index (χ3v) is 4.65. The summed E-state index contributed by atoms with van der Waals surface area (Å²) < 4.78 is 2.82. The first-order valence-electron chi connectivity index (χ1n) is 7.42.